The van der Waals surface area contributed by atoms with Gasteiger partial charge in [-0.3, -0.25) is 9.78 Å². The number of carbonyl (C=O) groups excluding carboxylic acids is 1. The topological polar surface area (TPSA) is 39.2 Å². The summed E-state index contributed by atoms with van der Waals surface area (Å²) in [6, 6.07) is 15.1. The molecule has 18 heavy (non-hydrogen) atoms. The Morgan fingerprint density at radius 1 is 1.17 bits per heavy atom. The number of hydrogen-bond acceptors (Lipinski definition) is 3. The standard InChI is InChI=1S/C15H15NO2/c1-12(13-7-3-2-4-8-13)15(17)18-11-14-9-5-6-10-16-14/h2-10,12H,11H2,1H3. The second-order valence-corrected chi connectivity index (χ2v) is 4.06. The highest BCUT2D eigenvalue weighted by Gasteiger charge is 2.16. The van der Waals surface area contributed by atoms with Crippen LogP contribution in [0.5, 0.6) is 0 Å². The molecule has 1 unspecified atom stereocenters. The highest BCUT2D eigenvalue weighted by molar-refractivity contribution is 5.77. The Morgan fingerprint density at radius 2 is 1.89 bits per heavy atom. The molecule has 0 aliphatic heterocycles. The number of aromatic nitrogens is 1. The van der Waals surface area contributed by atoms with Crippen LogP contribution in [0.1, 0.15) is 24.1 Å². The first-order valence-electron chi connectivity index (χ1n) is 5.89. The predicted octanol–water partition coefficient (Wildman–Crippen LogP) is 2.93. The summed E-state index contributed by atoms with van der Waals surface area (Å²) in [6.45, 7) is 2.06. The van der Waals surface area contributed by atoms with E-state index < -0.39 is 0 Å². The van der Waals surface area contributed by atoms with Crippen LogP contribution in [-0.4, -0.2) is 11.0 Å². The van der Waals surface area contributed by atoms with Crippen molar-refractivity contribution in [1.82, 2.24) is 4.98 Å². The van der Waals surface area contributed by atoms with Gasteiger partial charge in [-0.2, -0.15) is 0 Å². The maximum atomic E-state index is 11.9. The van der Waals surface area contributed by atoms with Gasteiger partial charge in [0.05, 0.1) is 11.6 Å². The van der Waals surface area contributed by atoms with Crippen LogP contribution >= 0.6 is 0 Å². The molecule has 1 heterocycles. The minimum absolute atomic E-state index is 0.219. The summed E-state index contributed by atoms with van der Waals surface area (Å²) < 4.78 is 5.24. The largest absolute Gasteiger partial charge is 0.459 e. The number of pyridine rings is 1. The Hall–Kier alpha value is -2.16. The summed E-state index contributed by atoms with van der Waals surface area (Å²) >= 11 is 0. The van der Waals surface area contributed by atoms with Gasteiger partial charge in [0.1, 0.15) is 6.61 Å². The summed E-state index contributed by atoms with van der Waals surface area (Å²) in [6.07, 6.45) is 1.68. The Kier molecular flexibility index (Phi) is 4.07. The second-order valence-electron chi connectivity index (χ2n) is 4.06. The highest BCUT2D eigenvalue weighted by atomic mass is 16.5. The predicted molar refractivity (Wildman–Crippen MR) is 68.9 cm³/mol. The van der Waals surface area contributed by atoms with Gasteiger partial charge in [0.25, 0.3) is 0 Å². The number of carbonyl (C=O) groups is 1. The molecule has 0 saturated heterocycles. The van der Waals surface area contributed by atoms with Gasteiger partial charge in [-0.15, -0.1) is 0 Å². The van der Waals surface area contributed by atoms with Crippen LogP contribution in [0.2, 0.25) is 0 Å². The molecule has 0 spiro atoms. The minimum atomic E-state index is -0.255. The van der Waals surface area contributed by atoms with E-state index in [4.69, 9.17) is 4.74 Å². The molecule has 2 aromatic rings. The van der Waals surface area contributed by atoms with Gasteiger partial charge in [0.15, 0.2) is 0 Å². The summed E-state index contributed by atoms with van der Waals surface area (Å²) in [5.74, 6) is -0.484. The van der Waals surface area contributed by atoms with Gasteiger partial charge in [-0.05, 0) is 24.6 Å². The van der Waals surface area contributed by atoms with E-state index in [0.717, 1.165) is 11.3 Å². The van der Waals surface area contributed by atoms with Crippen molar-refractivity contribution < 1.29 is 9.53 Å². The Balaban J connectivity index is 1.93. The summed E-state index contributed by atoms with van der Waals surface area (Å²) in [7, 11) is 0. The number of benzene rings is 1. The van der Waals surface area contributed by atoms with E-state index in [0.29, 0.717) is 0 Å². The van der Waals surface area contributed by atoms with E-state index in [2.05, 4.69) is 4.98 Å². The lowest BCUT2D eigenvalue weighted by Crippen LogP contribution is -2.13. The normalized spacial score (nSPS) is 11.8. The van der Waals surface area contributed by atoms with Crippen LogP contribution in [0, 0.1) is 0 Å². The van der Waals surface area contributed by atoms with Crippen molar-refractivity contribution in [2.75, 3.05) is 0 Å². The summed E-state index contributed by atoms with van der Waals surface area (Å²) in [5.41, 5.74) is 1.72. The third-order valence-corrected chi connectivity index (χ3v) is 2.74. The second kappa shape index (κ2) is 5.96. The van der Waals surface area contributed by atoms with Crippen molar-refractivity contribution in [3.8, 4) is 0 Å². The van der Waals surface area contributed by atoms with Crippen molar-refractivity contribution in [2.45, 2.75) is 19.4 Å². The molecule has 0 aliphatic rings. The van der Waals surface area contributed by atoms with Crippen molar-refractivity contribution >= 4 is 5.97 Å². The molecule has 0 bridgehead atoms. The lowest BCUT2D eigenvalue weighted by Gasteiger charge is -2.11. The molecule has 92 valence electrons. The fourth-order valence-corrected chi connectivity index (χ4v) is 1.63. The number of rotatable bonds is 4. The zero-order chi connectivity index (χ0) is 12.8. The van der Waals surface area contributed by atoms with E-state index in [1.54, 1.807) is 6.20 Å². The molecule has 1 aromatic carbocycles. The van der Waals surface area contributed by atoms with Gasteiger partial charge in [0, 0.05) is 6.20 Å². The fraction of sp³-hybridized carbons (Fsp3) is 0.200. The van der Waals surface area contributed by atoms with E-state index in [1.807, 2.05) is 55.5 Å². The SMILES string of the molecule is CC(C(=O)OCc1ccccn1)c1ccccc1. The van der Waals surface area contributed by atoms with Crippen LogP contribution in [-0.2, 0) is 16.1 Å². The van der Waals surface area contributed by atoms with Gasteiger partial charge in [0.2, 0.25) is 0 Å². The lowest BCUT2D eigenvalue weighted by molar-refractivity contribution is -0.146. The highest BCUT2D eigenvalue weighted by Crippen LogP contribution is 2.16. The average Bonchev–Trinajstić information content (AvgIpc) is 2.46. The molecule has 1 atom stereocenters. The summed E-state index contributed by atoms with van der Waals surface area (Å²) in [4.78, 5) is 16.0. The van der Waals surface area contributed by atoms with Crippen LogP contribution in [0.3, 0.4) is 0 Å². The molecule has 3 heteroatoms. The van der Waals surface area contributed by atoms with Crippen molar-refractivity contribution in [2.24, 2.45) is 0 Å². The van der Waals surface area contributed by atoms with Crippen LogP contribution in [0.25, 0.3) is 0 Å². The van der Waals surface area contributed by atoms with Gasteiger partial charge < -0.3 is 4.74 Å². The molecule has 0 N–H and O–H groups in total. The first-order chi connectivity index (χ1) is 8.77. The van der Waals surface area contributed by atoms with E-state index in [1.165, 1.54) is 0 Å². The number of esters is 1. The maximum Gasteiger partial charge on any atom is 0.313 e. The van der Waals surface area contributed by atoms with Crippen LogP contribution in [0.4, 0.5) is 0 Å². The third kappa shape index (κ3) is 3.17. The quantitative estimate of drug-likeness (QED) is 0.772. The first kappa shape index (κ1) is 12.3. The maximum absolute atomic E-state index is 11.9. The zero-order valence-electron chi connectivity index (χ0n) is 10.2. The van der Waals surface area contributed by atoms with Crippen molar-refractivity contribution in [1.29, 1.82) is 0 Å². The molecule has 0 fully saturated rings. The number of ether oxygens (including phenoxy) is 1. The molecule has 0 aliphatic carbocycles. The third-order valence-electron chi connectivity index (χ3n) is 2.74. The minimum Gasteiger partial charge on any atom is -0.459 e. The Labute approximate surface area is 106 Å². The molecule has 1 aromatic heterocycles. The smallest absolute Gasteiger partial charge is 0.313 e. The van der Waals surface area contributed by atoms with E-state index in [-0.39, 0.29) is 18.5 Å². The van der Waals surface area contributed by atoms with E-state index in [9.17, 15) is 4.79 Å². The van der Waals surface area contributed by atoms with Crippen LogP contribution in [0.15, 0.2) is 54.7 Å². The number of hydrogen-bond donors (Lipinski definition) is 0. The Bertz CT molecular complexity index is 496. The average molecular weight is 241 g/mol. The molecule has 0 amide bonds. The van der Waals surface area contributed by atoms with E-state index >= 15 is 0 Å². The van der Waals surface area contributed by atoms with Crippen molar-refractivity contribution in [3.05, 3.63) is 66.0 Å². The molecule has 0 saturated carbocycles. The van der Waals surface area contributed by atoms with Gasteiger partial charge >= 0.3 is 5.97 Å². The van der Waals surface area contributed by atoms with Crippen LogP contribution < -0.4 is 0 Å². The molecule has 0 radical (unpaired) electrons. The van der Waals surface area contributed by atoms with Gasteiger partial charge in [-0.25, -0.2) is 0 Å². The summed E-state index contributed by atoms with van der Waals surface area (Å²) in [5, 5.41) is 0. The zero-order valence-corrected chi connectivity index (χ0v) is 10.2. The molecular formula is C15H15NO2. The first-order valence-corrected chi connectivity index (χ1v) is 5.89. The molecule has 3 nitrogen and oxygen atoms in total. The molecule has 2 rings (SSSR count). The monoisotopic (exact) mass is 241 g/mol. The van der Waals surface area contributed by atoms with Crippen molar-refractivity contribution in [3.63, 3.8) is 0 Å². The fourth-order valence-electron chi connectivity index (χ4n) is 1.63. The Morgan fingerprint density at radius 3 is 2.56 bits per heavy atom. The van der Waals surface area contributed by atoms with Gasteiger partial charge in [-0.1, -0.05) is 36.4 Å². The number of nitrogens with zero attached hydrogens (tertiary/aromatic N) is 1. The molecular weight excluding hydrogens is 226 g/mol. The lowest BCUT2D eigenvalue weighted by atomic mass is 10.0.